The lowest BCUT2D eigenvalue weighted by atomic mass is 10.8. The molecular formula is C2H7O5P. The third-order valence-corrected chi connectivity index (χ3v) is 1.29. The molecule has 0 rings (SSSR count). The smallest absolute Gasteiger partial charge is 0.356 e. The first kappa shape index (κ1) is 6.19. The van der Waals surface area contributed by atoms with Gasteiger partial charge in [0.2, 0.25) is 0 Å². The fourth-order valence-corrected chi connectivity index (χ4v) is 0.276. The molecule has 0 aromatic carbocycles. The lowest BCUT2D eigenvalue weighted by Gasteiger charge is -2.06. The minimum Gasteiger partial charge on any atom is -0.393 e. The fourth-order valence-electron chi connectivity index (χ4n) is 0.0921. The van der Waals surface area contributed by atoms with E-state index in [0.29, 0.717) is 0 Å². The van der Waals surface area contributed by atoms with Crippen molar-refractivity contribution in [3.05, 3.63) is 0 Å². The van der Waals surface area contributed by atoms with Crippen molar-refractivity contribution in [2.75, 3.05) is 6.61 Å². The Labute approximate surface area is 47.1 Å². The van der Waals surface area contributed by atoms with Gasteiger partial charge in [-0.3, -0.25) is 4.57 Å². The highest BCUT2D eigenvalue weighted by atomic mass is 31.2. The number of rotatable bonds is 2. The quantitative estimate of drug-likeness (QED) is 0.352. The van der Waals surface area contributed by atoms with Crippen LogP contribution < -0.4 is 0 Å². The molecule has 0 saturated heterocycles. The van der Waals surface area contributed by atoms with Gasteiger partial charge < -0.3 is 20.0 Å². The summed E-state index contributed by atoms with van der Waals surface area (Å²) in [5.41, 5.74) is 0. The van der Waals surface area contributed by atoms with Gasteiger partial charge in [0.15, 0.2) is 5.82 Å². The first-order chi connectivity index (χ1) is 3.81. The van der Waals surface area contributed by atoms with Crippen LogP contribution >= 0.6 is 7.60 Å². The first-order valence-electron chi connectivity index (χ1n) is 2.20. The molecule has 0 bridgehead atoms. The van der Waals surface area contributed by atoms with E-state index in [1.54, 1.807) is 0 Å². The number of hydrogen-bond donors (Lipinski definition) is 4. The molecule has 0 aliphatic rings. The predicted molar refractivity (Wildman–Crippen MR) is 25.1 cm³/mol. The van der Waals surface area contributed by atoms with Crippen LogP contribution in [0, 0.1) is 0 Å². The van der Waals surface area contributed by atoms with Crippen LogP contribution in [-0.4, -0.2) is 32.4 Å². The van der Waals surface area contributed by atoms with Gasteiger partial charge in [0.25, 0.3) is 0 Å². The van der Waals surface area contributed by atoms with Crippen molar-refractivity contribution in [1.82, 2.24) is 0 Å². The van der Waals surface area contributed by atoms with E-state index in [1.807, 2.05) is 0 Å². The zero-order valence-corrected chi connectivity index (χ0v) is 4.75. The molecule has 0 spiro atoms. The van der Waals surface area contributed by atoms with Crippen LogP contribution in [0.25, 0.3) is 0 Å². The van der Waals surface area contributed by atoms with E-state index in [-0.39, 0.29) is 0 Å². The number of aliphatic hydroxyl groups is 2. The molecule has 0 saturated carbocycles. The maximum atomic E-state index is 9.98. The van der Waals surface area contributed by atoms with Gasteiger partial charge in [0.05, 0.1) is 7.98 Å². The fraction of sp³-hybridized carbons (Fsp3) is 1.00. The van der Waals surface area contributed by atoms with Gasteiger partial charge in [0.1, 0.15) is 0 Å². The third kappa shape index (κ3) is 2.40. The standard InChI is InChI=1S/C2H7O5P/c3-1-2(4)8(5,6)7/h2-4H,1H2,(H2,5,6,7)/t2-/m1/s1/i2D. The zero-order chi connectivity index (χ0) is 7.71. The molecule has 0 aromatic heterocycles. The summed E-state index contributed by atoms with van der Waals surface area (Å²) in [6, 6.07) is 0. The molecule has 0 aromatic rings. The summed E-state index contributed by atoms with van der Waals surface area (Å²) in [6.45, 7) is -1.28. The van der Waals surface area contributed by atoms with Crippen molar-refractivity contribution >= 4 is 7.60 Å². The lowest BCUT2D eigenvalue weighted by Crippen LogP contribution is -2.11. The van der Waals surface area contributed by atoms with Crippen molar-refractivity contribution < 1.29 is 25.9 Å². The maximum absolute atomic E-state index is 9.98. The molecule has 0 fully saturated rings. The van der Waals surface area contributed by atoms with E-state index in [1.165, 1.54) is 0 Å². The maximum Gasteiger partial charge on any atom is 0.356 e. The minimum atomic E-state index is -4.90. The summed E-state index contributed by atoms with van der Waals surface area (Å²) in [6.07, 6.45) is 0. The van der Waals surface area contributed by atoms with Crippen LogP contribution in [0.3, 0.4) is 0 Å². The second-order valence-electron chi connectivity index (χ2n) is 1.12. The highest BCUT2D eigenvalue weighted by molar-refractivity contribution is 7.52. The molecule has 0 amide bonds. The SMILES string of the molecule is [2H][C@](O)(CO)P(=O)(O)O. The Morgan fingerprint density at radius 2 is 2.12 bits per heavy atom. The Hall–Kier alpha value is 0.0700. The number of hydrogen-bond acceptors (Lipinski definition) is 3. The van der Waals surface area contributed by atoms with E-state index in [9.17, 15) is 4.57 Å². The van der Waals surface area contributed by atoms with Gasteiger partial charge in [-0.2, -0.15) is 0 Å². The molecule has 5 nitrogen and oxygen atoms in total. The Kier molecular flexibility index (Phi) is 1.99. The Balaban J connectivity index is 4.34. The molecule has 0 aliphatic heterocycles. The topological polar surface area (TPSA) is 98.0 Å². The molecule has 8 heavy (non-hydrogen) atoms. The van der Waals surface area contributed by atoms with Gasteiger partial charge in [-0.15, -0.1) is 0 Å². The second-order valence-corrected chi connectivity index (χ2v) is 2.72. The van der Waals surface area contributed by atoms with Crippen molar-refractivity contribution in [2.24, 2.45) is 0 Å². The molecule has 1 atom stereocenters. The van der Waals surface area contributed by atoms with Gasteiger partial charge in [-0.1, -0.05) is 0 Å². The summed E-state index contributed by atoms with van der Waals surface area (Å²) in [7, 11) is -4.90. The molecule has 0 unspecified atom stereocenters. The monoisotopic (exact) mass is 143 g/mol. The van der Waals surface area contributed by atoms with Gasteiger partial charge in [-0.25, -0.2) is 0 Å². The van der Waals surface area contributed by atoms with Crippen LogP contribution in [0.2, 0.25) is 0 Å². The van der Waals surface area contributed by atoms with Crippen LogP contribution in [0.4, 0.5) is 0 Å². The van der Waals surface area contributed by atoms with Gasteiger partial charge >= 0.3 is 7.60 Å². The van der Waals surface area contributed by atoms with Crippen LogP contribution in [-0.2, 0) is 4.57 Å². The van der Waals surface area contributed by atoms with Gasteiger partial charge in [-0.05, 0) is 0 Å². The van der Waals surface area contributed by atoms with Crippen LogP contribution in [0.5, 0.6) is 0 Å². The summed E-state index contributed by atoms with van der Waals surface area (Å²) in [4.78, 5) is 16.1. The largest absolute Gasteiger partial charge is 0.393 e. The van der Waals surface area contributed by atoms with Crippen molar-refractivity contribution in [3.8, 4) is 0 Å². The third-order valence-electron chi connectivity index (χ3n) is 0.478. The molecule has 6 heteroatoms. The average molecular weight is 143 g/mol. The Morgan fingerprint density at radius 3 is 2.12 bits per heavy atom. The lowest BCUT2D eigenvalue weighted by molar-refractivity contribution is 0.127. The normalized spacial score (nSPS) is 21.8. The molecule has 0 radical (unpaired) electrons. The second kappa shape index (κ2) is 2.57. The summed E-state index contributed by atoms with van der Waals surface area (Å²) in [5, 5.41) is 16.3. The van der Waals surface area contributed by atoms with Gasteiger partial charge in [0, 0.05) is 0 Å². The zero-order valence-electron chi connectivity index (χ0n) is 4.85. The molecule has 50 valence electrons. The Bertz CT molecular complexity index is 138. The van der Waals surface area contributed by atoms with Crippen molar-refractivity contribution in [3.63, 3.8) is 0 Å². The predicted octanol–water partition coefficient (Wildman–Crippen LogP) is -1.53. The van der Waals surface area contributed by atoms with E-state index >= 15 is 0 Å². The summed E-state index contributed by atoms with van der Waals surface area (Å²) < 4.78 is 16.3. The highest BCUT2D eigenvalue weighted by Gasteiger charge is 2.24. The van der Waals surface area contributed by atoms with Crippen molar-refractivity contribution in [1.29, 1.82) is 0 Å². The van der Waals surface area contributed by atoms with Crippen LogP contribution in [0.1, 0.15) is 1.37 Å². The summed E-state index contributed by atoms with van der Waals surface area (Å²) in [5.74, 6) is -3.05. The molecular weight excluding hydrogens is 135 g/mol. The van der Waals surface area contributed by atoms with E-state index in [4.69, 9.17) is 21.4 Å². The molecule has 4 N–H and O–H groups in total. The van der Waals surface area contributed by atoms with Crippen LogP contribution in [0.15, 0.2) is 0 Å². The minimum absolute atomic E-state index is 1.28. The van der Waals surface area contributed by atoms with Crippen molar-refractivity contribution in [2.45, 2.75) is 5.82 Å². The summed E-state index contributed by atoms with van der Waals surface area (Å²) >= 11 is 0. The molecule has 0 aliphatic carbocycles. The number of aliphatic hydroxyl groups excluding tert-OH is 1. The van der Waals surface area contributed by atoms with E-state index in [2.05, 4.69) is 0 Å². The highest BCUT2D eigenvalue weighted by Crippen LogP contribution is 2.38. The average Bonchev–Trinajstić information content (AvgIpc) is 1.64. The van der Waals surface area contributed by atoms with E-state index in [0.717, 1.165) is 0 Å². The molecule has 0 heterocycles. The van der Waals surface area contributed by atoms with E-state index < -0.39 is 20.0 Å². The first-order valence-corrected chi connectivity index (χ1v) is 3.31. The Morgan fingerprint density at radius 1 is 1.75 bits per heavy atom.